The molecule has 0 aliphatic carbocycles. The van der Waals surface area contributed by atoms with Crippen molar-refractivity contribution in [1.82, 2.24) is 15.0 Å². The summed E-state index contributed by atoms with van der Waals surface area (Å²) in [5.41, 5.74) is 5.59. The minimum Gasteiger partial charge on any atom is -0.369 e. The predicted octanol–water partition coefficient (Wildman–Crippen LogP) is 2.66. The van der Waals surface area contributed by atoms with Gasteiger partial charge >= 0.3 is 0 Å². The molecule has 0 saturated carbocycles. The maximum atomic E-state index is 5.59. The summed E-state index contributed by atoms with van der Waals surface area (Å²) in [7, 11) is 0. The topological polar surface area (TPSA) is 67.6 Å². The van der Waals surface area contributed by atoms with Crippen LogP contribution in [0.2, 0.25) is 0 Å². The van der Waals surface area contributed by atoms with Gasteiger partial charge in [-0.25, -0.2) is 0 Å². The molecule has 0 amide bonds. The smallest absolute Gasteiger partial charge is 0.202 e. The molecular formula is C11H20N4Na2S2. The second kappa shape index (κ2) is 13.1. The van der Waals surface area contributed by atoms with E-state index in [2.05, 4.69) is 28.8 Å². The minimum absolute atomic E-state index is 0. The zero-order valence-electron chi connectivity index (χ0n) is 12.4. The van der Waals surface area contributed by atoms with Crippen molar-refractivity contribution in [3.63, 3.8) is 0 Å². The van der Waals surface area contributed by atoms with Crippen LogP contribution in [0.4, 0.5) is 5.95 Å². The van der Waals surface area contributed by atoms with Crippen LogP contribution in [0.15, 0.2) is 5.16 Å². The van der Waals surface area contributed by atoms with Crippen LogP contribution in [0.5, 0.6) is 0 Å². The molecule has 0 aliphatic rings. The van der Waals surface area contributed by atoms with Crippen molar-refractivity contribution in [2.45, 2.75) is 44.7 Å². The second-order valence-corrected chi connectivity index (χ2v) is 5.42. The molecule has 1 aromatic rings. The zero-order chi connectivity index (χ0) is 12.7. The van der Waals surface area contributed by atoms with Gasteiger partial charge in [-0.1, -0.05) is 44.9 Å². The summed E-state index contributed by atoms with van der Waals surface area (Å²) in [5.74, 6) is 2.10. The van der Waals surface area contributed by atoms with Crippen LogP contribution < -0.4 is 5.73 Å². The third-order valence-corrected chi connectivity index (χ3v) is 3.91. The molecule has 0 aliphatic heterocycles. The van der Waals surface area contributed by atoms with Crippen LogP contribution in [-0.4, -0.2) is 79.8 Å². The standard InChI is InChI=1S/C11H20N4S2.2Na/c1-3-5-6-8(4-2)7-17-11-14-9(12)13-10(16)15-11;;/h8H,3-7H2,1-2H3,(H3,12,13,14,15,16);;. The van der Waals surface area contributed by atoms with Gasteiger partial charge in [0.05, 0.1) is 0 Å². The fourth-order valence-electron chi connectivity index (χ4n) is 1.54. The summed E-state index contributed by atoms with van der Waals surface area (Å²) < 4.78 is 0.404. The van der Waals surface area contributed by atoms with E-state index in [4.69, 9.17) is 18.0 Å². The molecule has 1 rings (SSSR count). The first-order valence-electron chi connectivity index (χ1n) is 6.02. The first-order chi connectivity index (χ1) is 8.15. The molecule has 1 atom stereocenters. The molecule has 1 heterocycles. The van der Waals surface area contributed by atoms with Crippen molar-refractivity contribution in [3.05, 3.63) is 4.77 Å². The van der Waals surface area contributed by atoms with Crippen LogP contribution in [0.3, 0.4) is 0 Å². The third kappa shape index (κ3) is 9.85. The SMILES string of the molecule is CCCCC(CC)CSc1nc(N)[nH]c(=S)n1.[Na].[Na]. The van der Waals surface area contributed by atoms with Crippen LogP contribution in [0, 0.1) is 10.7 Å². The maximum absolute atomic E-state index is 5.59. The Morgan fingerprint density at radius 1 is 1.32 bits per heavy atom. The number of nitrogens with zero attached hydrogens (tertiary/aromatic N) is 2. The molecule has 8 heteroatoms. The van der Waals surface area contributed by atoms with Gasteiger partial charge in [0, 0.05) is 64.9 Å². The van der Waals surface area contributed by atoms with Gasteiger partial charge in [0.15, 0.2) is 5.16 Å². The van der Waals surface area contributed by atoms with E-state index >= 15 is 0 Å². The van der Waals surface area contributed by atoms with Crippen molar-refractivity contribution in [3.8, 4) is 0 Å². The third-order valence-electron chi connectivity index (χ3n) is 2.64. The number of anilines is 1. The first kappa shape index (κ1) is 22.7. The number of nitrogen functional groups attached to an aromatic ring is 1. The van der Waals surface area contributed by atoms with Gasteiger partial charge in [-0.05, 0) is 24.6 Å². The van der Waals surface area contributed by atoms with Gasteiger partial charge in [0.1, 0.15) is 0 Å². The monoisotopic (exact) mass is 318 g/mol. The van der Waals surface area contributed by atoms with Gasteiger partial charge < -0.3 is 10.7 Å². The number of aromatic amines is 1. The fraction of sp³-hybridized carbons (Fsp3) is 0.727. The number of aromatic nitrogens is 3. The Labute approximate surface area is 169 Å². The zero-order valence-corrected chi connectivity index (χ0v) is 18.0. The molecule has 0 saturated heterocycles. The van der Waals surface area contributed by atoms with E-state index in [1.54, 1.807) is 11.8 Å². The van der Waals surface area contributed by atoms with E-state index in [-0.39, 0.29) is 59.1 Å². The first-order valence-corrected chi connectivity index (χ1v) is 7.41. The number of nitrogens with one attached hydrogen (secondary N) is 1. The number of thioether (sulfide) groups is 1. The summed E-state index contributed by atoms with van der Waals surface area (Å²) in [6.45, 7) is 4.45. The molecule has 3 N–H and O–H groups in total. The molecule has 4 nitrogen and oxygen atoms in total. The average Bonchev–Trinajstić information content (AvgIpc) is 2.28. The average molecular weight is 318 g/mol. The molecule has 2 radical (unpaired) electrons. The number of nitrogens with two attached hydrogens (primary N) is 1. The molecule has 98 valence electrons. The number of unbranched alkanes of at least 4 members (excludes halogenated alkanes) is 1. The summed E-state index contributed by atoms with van der Waals surface area (Å²) >= 11 is 6.61. The summed E-state index contributed by atoms with van der Waals surface area (Å²) in [4.78, 5) is 11.0. The minimum atomic E-state index is 0. The fourth-order valence-corrected chi connectivity index (χ4v) is 2.89. The van der Waals surface area contributed by atoms with Crippen LogP contribution in [-0.2, 0) is 0 Å². The molecule has 0 fully saturated rings. The largest absolute Gasteiger partial charge is 0.369 e. The molecular weight excluding hydrogens is 298 g/mol. The molecule has 19 heavy (non-hydrogen) atoms. The van der Waals surface area contributed by atoms with Gasteiger partial charge in [0.2, 0.25) is 10.7 Å². The Morgan fingerprint density at radius 3 is 2.53 bits per heavy atom. The van der Waals surface area contributed by atoms with Crippen molar-refractivity contribution >= 4 is 89.0 Å². The maximum Gasteiger partial charge on any atom is 0.202 e. The van der Waals surface area contributed by atoms with Crippen LogP contribution in [0.25, 0.3) is 0 Å². The number of hydrogen-bond donors (Lipinski definition) is 2. The van der Waals surface area contributed by atoms with E-state index < -0.39 is 0 Å². The van der Waals surface area contributed by atoms with Gasteiger partial charge in [-0.3, -0.25) is 0 Å². The van der Waals surface area contributed by atoms with Crippen molar-refractivity contribution in [2.24, 2.45) is 5.92 Å². The Hall–Kier alpha value is 1.38. The molecule has 1 aromatic heterocycles. The van der Waals surface area contributed by atoms with Crippen LogP contribution in [0.1, 0.15) is 39.5 Å². The van der Waals surface area contributed by atoms with Crippen LogP contribution >= 0.6 is 24.0 Å². The van der Waals surface area contributed by atoms with Gasteiger partial charge in [-0.2, -0.15) is 9.97 Å². The Bertz CT molecular complexity index is 401. The van der Waals surface area contributed by atoms with Gasteiger partial charge in [0.25, 0.3) is 0 Å². The van der Waals surface area contributed by atoms with Crippen molar-refractivity contribution in [1.29, 1.82) is 0 Å². The van der Waals surface area contributed by atoms with Crippen molar-refractivity contribution in [2.75, 3.05) is 11.5 Å². The second-order valence-electron chi connectivity index (χ2n) is 4.05. The Balaban J connectivity index is 0. The van der Waals surface area contributed by atoms with E-state index in [1.807, 2.05) is 0 Å². The molecule has 0 bridgehead atoms. The normalized spacial score (nSPS) is 11.3. The predicted molar refractivity (Wildman–Crippen MR) is 87.2 cm³/mol. The van der Waals surface area contributed by atoms with Gasteiger partial charge in [-0.15, -0.1) is 0 Å². The van der Waals surface area contributed by atoms with E-state index in [0.29, 0.717) is 15.9 Å². The number of H-pyrrole nitrogens is 1. The van der Waals surface area contributed by atoms with E-state index in [1.165, 1.54) is 25.7 Å². The van der Waals surface area contributed by atoms with E-state index in [9.17, 15) is 0 Å². The Morgan fingerprint density at radius 2 is 2.00 bits per heavy atom. The number of rotatable bonds is 7. The Kier molecular flexibility index (Phi) is 15.6. The molecule has 1 unspecified atom stereocenters. The molecule has 0 aromatic carbocycles. The summed E-state index contributed by atoms with van der Waals surface area (Å²) in [6.07, 6.45) is 5.01. The number of hydrogen-bond acceptors (Lipinski definition) is 5. The van der Waals surface area contributed by atoms with Crippen molar-refractivity contribution < 1.29 is 0 Å². The summed E-state index contributed by atoms with van der Waals surface area (Å²) in [5, 5.41) is 0.682. The quantitative estimate of drug-likeness (QED) is 0.459. The van der Waals surface area contributed by atoms with E-state index in [0.717, 1.165) is 11.7 Å². The summed E-state index contributed by atoms with van der Waals surface area (Å²) in [6, 6.07) is 0. The molecule has 0 spiro atoms.